The van der Waals surface area contributed by atoms with Gasteiger partial charge in [-0.15, -0.1) is 0 Å². The van der Waals surface area contributed by atoms with Crippen molar-refractivity contribution in [1.82, 2.24) is 24.8 Å². The number of aromatic amines is 1. The number of amides is 1. The first kappa shape index (κ1) is 13.7. The molecule has 0 fully saturated rings. The van der Waals surface area contributed by atoms with Crippen LogP contribution < -0.4 is 10.9 Å². The van der Waals surface area contributed by atoms with Gasteiger partial charge in [0.2, 0.25) is 0 Å². The number of carbonyl (C=O) groups excluding carboxylic acids is 1. The molecule has 0 aliphatic rings. The van der Waals surface area contributed by atoms with Crippen molar-refractivity contribution in [3.8, 4) is 5.69 Å². The van der Waals surface area contributed by atoms with Crippen molar-refractivity contribution in [1.29, 1.82) is 0 Å². The van der Waals surface area contributed by atoms with E-state index in [1.165, 1.54) is 6.20 Å². The van der Waals surface area contributed by atoms with Gasteiger partial charge >= 0.3 is 0 Å². The first-order valence-electron chi connectivity index (χ1n) is 6.63. The Morgan fingerprint density at radius 3 is 2.91 bits per heavy atom. The predicted molar refractivity (Wildman–Crippen MR) is 79.6 cm³/mol. The van der Waals surface area contributed by atoms with Gasteiger partial charge in [-0.05, 0) is 11.6 Å². The largest absolute Gasteiger partial charge is 0.346 e. The Hall–Kier alpha value is -3.22. The Balaban J connectivity index is 1.76. The van der Waals surface area contributed by atoms with Crippen LogP contribution in [0, 0.1) is 0 Å². The summed E-state index contributed by atoms with van der Waals surface area (Å²) in [5, 5.41) is 2.78. The lowest BCUT2D eigenvalue weighted by molar-refractivity contribution is 0.0945. The van der Waals surface area contributed by atoms with Gasteiger partial charge < -0.3 is 14.9 Å². The van der Waals surface area contributed by atoms with E-state index in [-0.39, 0.29) is 17.2 Å². The van der Waals surface area contributed by atoms with Crippen LogP contribution in [0.4, 0.5) is 0 Å². The minimum atomic E-state index is -0.350. The Labute approximate surface area is 125 Å². The fourth-order valence-electron chi connectivity index (χ4n) is 2.05. The molecule has 7 nitrogen and oxygen atoms in total. The Morgan fingerprint density at radius 2 is 2.18 bits per heavy atom. The number of aromatic nitrogens is 4. The lowest BCUT2D eigenvalue weighted by Crippen LogP contribution is -2.25. The van der Waals surface area contributed by atoms with E-state index in [0.717, 1.165) is 17.4 Å². The van der Waals surface area contributed by atoms with Crippen LogP contribution in [0.15, 0.2) is 60.2 Å². The van der Waals surface area contributed by atoms with Crippen molar-refractivity contribution in [2.75, 3.05) is 0 Å². The molecule has 3 aromatic rings. The van der Waals surface area contributed by atoms with Crippen molar-refractivity contribution in [2.45, 2.75) is 6.54 Å². The molecule has 0 spiro atoms. The molecule has 110 valence electrons. The zero-order valence-corrected chi connectivity index (χ0v) is 11.6. The van der Waals surface area contributed by atoms with Gasteiger partial charge in [-0.2, -0.15) is 0 Å². The SMILES string of the molecule is O=C(NCc1ccccc1-n1ccnc1)c1c[nH]c(=O)cn1. The van der Waals surface area contributed by atoms with Crippen LogP contribution in [0.3, 0.4) is 0 Å². The van der Waals surface area contributed by atoms with Crippen LogP contribution in [-0.4, -0.2) is 25.4 Å². The van der Waals surface area contributed by atoms with E-state index >= 15 is 0 Å². The van der Waals surface area contributed by atoms with Gasteiger partial charge in [0.1, 0.15) is 5.69 Å². The highest BCUT2D eigenvalue weighted by Crippen LogP contribution is 2.13. The van der Waals surface area contributed by atoms with Crippen molar-refractivity contribution in [3.05, 3.63) is 77.0 Å². The number of hydrogen-bond donors (Lipinski definition) is 2. The van der Waals surface area contributed by atoms with E-state index < -0.39 is 0 Å². The number of rotatable bonds is 4. The summed E-state index contributed by atoms with van der Waals surface area (Å²) in [5.74, 6) is -0.350. The van der Waals surface area contributed by atoms with Gasteiger partial charge in [-0.25, -0.2) is 9.97 Å². The van der Waals surface area contributed by atoms with Crippen LogP contribution in [0.5, 0.6) is 0 Å². The fraction of sp³-hybridized carbons (Fsp3) is 0.0667. The second kappa shape index (κ2) is 6.04. The summed E-state index contributed by atoms with van der Waals surface area (Å²) in [6.45, 7) is 0.341. The van der Waals surface area contributed by atoms with Crippen LogP contribution >= 0.6 is 0 Å². The smallest absolute Gasteiger partial charge is 0.271 e. The third-order valence-corrected chi connectivity index (χ3v) is 3.12. The molecule has 0 bridgehead atoms. The standard InChI is InChI=1S/C15H13N5O2/c21-14-9-17-12(8-18-14)15(22)19-7-11-3-1-2-4-13(11)20-6-5-16-10-20/h1-6,8-10H,7H2,(H,18,21)(H,19,22). The van der Waals surface area contributed by atoms with Gasteiger partial charge in [0.25, 0.3) is 11.5 Å². The second-order valence-electron chi connectivity index (χ2n) is 4.58. The summed E-state index contributed by atoms with van der Waals surface area (Å²) in [7, 11) is 0. The second-order valence-corrected chi connectivity index (χ2v) is 4.58. The molecule has 0 saturated heterocycles. The zero-order valence-electron chi connectivity index (χ0n) is 11.6. The molecule has 1 amide bonds. The van der Waals surface area contributed by atoms with Gasteiger partial charge in [0.15, 0.2) is 0 Å². The third-order valence-electron chi connectivity index (χ3n) is 3.12. The summed E-state index contributed by atoms with van der Waals surface area (Å²) < 4.78 is 1.87. The Bertz CT molecular complexity index is 819. The number of H-pyrrole nitrogens is 1. The lowest BCUT2D eigenvalue weighted by Gasteiger charge is -2.11. The Kier molecular flexibility index (Phi) is 3.78. The quantitative estimate of drug-likeness (QED) is 0.747. The molecule has 0 aliphatic heterocycles. The number of hydrogen-bond acceptors (Lipinski definition) is 4. The molecule has 7 heteroatoms. The number of nitrogens with one attached hydrogen (secondary N) is 2. The highest BCUT2D eigenvalue weighted by molar-refractivity contribution is 5.91. The highest BCUT2D eigenvalue weighted by atomic mass is 16.2. The number of para-hydroxylation sites is 1. The minimum absolute atomic E-state index is 0.166. The van der Waals surface area contributed by atoms with Crippen molar-refractivity contribution >= 4 is 5.91 Å². The minimum Gasteiger partial charge on any atom is -0.346 e. The molecular weight excluding hydrogens is 282 g/mol. The van der Waals surface area contributed by atoms with E-state index in [1.807, 2.05) is 35.0 Å². The average Bonchev–Trinajstić information content (AvgIpc) is 3.08. The van der Waals surface area contributed by atoms with Crippen LogP contribution in [0.25, 0.3) is 5.69 Å². The van der Waals surface area contributed by atoms with Gasteiger partial charge in [0.05, 0.1) is 18.2 Å². The van der Waals surface area contributed by atoms with Crippen LogP contribution in [0.2, 0.25) is 0 Å². The molecular formula is C15H13N5O2. The fourth-order valence-corrected chi connectivity index (χ4v) is 2.05. The average molecular weight is 295 g/mol. The first-order chi connectivity index (χ1) is 10.7. The lowest BCUT2D eigenvalue weighted by atomic mass is 10.1. The summed E-state index contributed by atoms with van der Waals surface area (Å²) in [6.07, 6.45) is 7.60. The van der Waals surface area contributed by atoms with Gasteiger partial charge in [-0.3, -0.25) is 9.59 Å². The molecule has 0 saturated carbocycles. The van der Waals surface area contributed by atoms with Crippen molar-refractivity contribution in [3.63, 3.8) is 0 Å². The summed E-state index contributed by atoms with van der Waals surface area (Å²) >= 11 is 0. The third kappa shape index (κ3) is 2.93. The zero-order chi connectivity index (χ0) is 15.4. The molecule has 0 radical (unpaired) electrons. The maximum Gasteiger partial charge on any atom is 0.271 e. The number of nitrogens with zero attached hydrogens (tertiary/aromatic N) is 3. The number of carbonyl (C=O) groups is 1. The van der Waals surface area contributed by atoms with E-state index in [0.29, 0.717) is 6.54 Å². The number of benzene rings is 1. The predicted octanol–water partition coefficient (Wildman–Crippen LogP) is 0.886. The molecule has 2 heterocycles. The summed E-state index contributed by atoms with van der Waals surface area (Å²) in [6, 6.07) is 7.70. The monoisotopic (exact) mass is 295 g/mol. The van der Waals surface area contributed by atoms with E-state index in [4.69, 9.17) is 0 Å². The van der Waals surface area contributed by atoms with E-state index in [2.05, 4.69) is 20.3 Å². The Morgan fingerprint density at radius 1 is 1.32 bits per heavy atom. The molecule has 1 aromatic carbocycles. The topological polar surface area (TPSA) is 92.7 Å². The molecule has 22 heavy (non-hydrogen) atoms. The molecule has 0 atom stereocenters. The molecule has 2 N–H and O–H groups in total. The summed E-state index contributed by atoms with van der Waals surface area (Å²) in [5.41, 5.74) is 1.70. The summed E-state index contributed by atoms with van der Waals surface area (Å²) in [4.78, 5) is 33.2. The molecule has 0 aliphatic carbocycles. The molecule has 2 aromatic heterocycles. The van der Waals surface area contributed by atoms with E-state index in [9.17, 15) is 9.59 Å². The van der Waals surface area contributed by atoms with Gasteiger partial charge in [-0.1, -0.05) is 18.2 Å². The van der Waals surface area contributed by atoms with E-state index in [1.54, 1.807) is 12.5 Å². The highest BCUT2D eigenvalue weighted by Gasteiger charge is 2.09. The number of imidazole rings is 1. The molecule has 0 unspecified atom stereocenters. The van der Waals surface area contributed by atoms with Gasteiger partial charge in [0, 0.05) is 25.1 Å². The first-order valence-corrected chi connectivity index (χ1v) is 6.63. The van der Waals surface area contributed by atoms with Crippen molar-refractivity contribution < 1.29 is 4.79 Å². The van der Waals surface area contributed by atoms with Crippen molar-refractivity contribution in [2.24, 2.45) is 0 Å². The normalized spacial score (nSPS) is 10.4. The van der Waals surface area contributed by atoms with Crippen LogP contribution in [-0.2, 0) is 6.54 Å². The molecule has 3 rings (SSSR count). The maximum absolute atomic E-state index is 12.0. The maximum atomic E-state index is 12.0. The van der Waals surface area contributed by atoms with Crippen LogP contribution in [0.1, 0.15) is 16.1 Å².